The summed E-state index contributed by atoms with van der Waals surface area (Å²) in [4.78, 5) is 0. The zero-order valence-electron chi connectivity index (χ0n) is 7.45. The number of aliphatic hydroxyl groups is 1. The van der Waals surface area contributed by atoms with Gasteiger partial charge in [-0.1, -0.05) is 29.8 Å². The maximum absolute atomic E-state index is 9.39. The number of hydrogen-bond acceptors (Lipinski definition) is 2. The number of rotatable bonds is 3. The Labute approximate surface area is 72.8 Å². The number of benzene rings is 1. The number of ether oxygens (including phenoxy) is 1. The third kappa shape index (κ3) is 2.32. The van der Waals surface area contributed by atoms with Crippen LogP contribution in [0.1, 0.15) is 24.3 Å². The summed E-state index contributed by atoms with van der Waals surface area (Å²) in [5.74, 6) is 0. The van der Waals surface area contributed by atoms with Crippen molar-refractivity contribution in [3.63, 3.8) is 0 Å². The minimum atomic E-state index is -0.782. The molecule has 0 aliphatic rings. The maximum Gasteiger partial charge on any atom is 0.181 e. The van der Waals surface area contributed by atoms with Gasteiger partial charge in [-0.2, -0.15) is 0 Å². The van der Waals surface area contributed by atoms with Gasteiger partial charge in [0.1, 0.15) is 0 Å². The molecule has 1 atom stereocenters. The van der Waals surface area contributed by atoms with E-state index in [1.807, 2.05) is 38.1 Å². The van der Waals surface area contributed by atoms with Crippen LogP contribution in [0.2, 0.25) is 0 Å². The average Bonchev–Trinajstić information content (AvgIpc) is 2.06. The molecule has 0 fully saturated rings. The van der Waals surface area contributed by atoms with Gasteiger partial charge < -0.3 is 9.84 Å². The summed E-state index contributed by atoms with van der Waals surface area (Å²) in [6.45, 7) is 4.39. The Hall–Kier alpha value is -0.860. The molecule has 12 heavy (non-hydrogen) atoms. The van der Waals surface area contributed by atoms with E-state index in [0.717, 1.165) is 5.56 Å². The van der Waals surface area contributed by atoms with Crippen LogP contribution in [0.25, 0.3) is 0 Å². The van der Waals surface area contributed by atoms with Gasteiger partial charge in [-0.25, -0.2) is 0 Å². The summed E-state index contributed by atoms with van der Waals surface area (Å²) >= 11 is 0. The third-order valence-corrected chi connectivity index (χ3v) is 1.69. The van der Waals surface area contributed by atoms with Gasteiger partial charge in [-0.05, 0) is 13.8 Å². The lowest BCUT2D eigenvalue weighted by molar-refractivity contribution is -0.0979. The molecule has 0 aliphatic heterocycles. The number of aliphatic hydroxyl groups excluding tert-OH is 1. The van der Waals surface area contributed by atoms with Crippen LogP contribution in [0.3, 0.4) is 0 Å². The first-order chi connectivity index (χ1) is 5.74. The zero-order chi connectivity index (χ0) is 8.97. The Morgan fingerprint density at radius 1 is 1.33 bits per heavy atom. The van der Waals surface area contributed by atoms with Crippen LogP contribution in [0.15, 0.2) is 24.3 Å². The van der Waals surface area contributed by atoms with Crippen molar-refractivity contribution in [3.8, 4) is 0 Å². The van der Waals surface area contributed by atoms with E-state index in [0.29, 0.717) is 6.61 Å². The smallest absolute Gasteiger partial charge is 0.181 e. The van der Waals surface area contributed by atoms with Crippen molar-refractivity contribution in [2.75, 3.05) is 6.61 Å². The Kier molecular flexibility index (Phi) is 3.26. The van der Waals surface area contributed by atoms with E-state index in [4.69, 9.17) is 4.74 Å². The second-order valence-corrected chi connectivity index (χ2v) is 2.72. The summed E-state index contributed by atoms with van der Waals surface area (Å²) in [6.07, 6.45) is -0.782. The minimum Gasteiger partial charge on any atom is -0.364 e. The molecule has 66 valence electrons. The van der Waals surface area contributed by atoms with Gasteiger partial charge in [-0.15, -0.1) is 0 Å². The van der Waals surface area contributed by atoms with Crippen molar-refractivity contribution in [1.82, 2.24) is 0 Å². The molecule has 0 saturated heterocycles. The Bertz CT molecular complexity index is 228. The van der Waals surface area contributed by atoms with E-state index in [-0.39, 0.29) is 0 Å². The van der Waals surface area contributed by atoms with Crippen molar-refractivity contribution >= 4 is 0 Å². The predicted octanol–water partition coefficient (Wildman–Crippen LogP) is 2.02. The van der Waals surface area contributed by atoms with Crippen LogP contribution in [-0.4, -0.2) is 11.7 Å². The molecule has 0 aromatic heterocycles. The molecule has 0 bridgehead atoms. The molecule has 1 aromatic rings. The quantitative estimate of drug-likeness (QED) is 0.696. The normalized spacial score (nSPS) is 12.9. The molecule has 0 heterocycles. The second kappa shape index (κ2) is 4.24. The van der Waals surface area contributed by atoms with Gasteiger partial charge in [-0.3, -0.25) is 0 Å². The minimum absolute atomic E-state index is 0.523. The summed E-state index contributed by atoms with van der Waals surface area (Å²) in [6, 6.07) is 7.65. The molecule has 0 spiro atoms. The van der Waals surface area contributed by atoms with Gasteiger partial charge in [0, 0.05) is 12.2 Å². The van der Waals surface area contributed by atoms with Crippen LogP contribution in [0.5, 0.6) is 0 Å². The fourth-order valence-corrected chi connectivity index (χ4v) is 0.985. The monoisotopic (exact) mass is 166 g/mol. The molecule has 0 radical (unpaired) electrons. The van der Waals surface area contributed by atoms with Crippen LogP contribution >= 0.6 is 0 Å². The summed E-state index contributed by atoms with van der Waals surface area (Å²) in [7, 11) is 0. The van der Waals surface area contributed by atoms with Gasteiger partial charge in [0.2, 0.25) is 0 Å². The van der Waals surface area contributed by atoms with E-state index in [2.05, 4.69) is 0 Å². The Morgan fingerprint density at radius 2 is 1.92 bits per heavy atom. The first-order valence-electron chi connectivity index (χ1n) is 4.10. The number of aryl methyl sites for hydroxylation is 1. The lowest BCUT2D eigenvalue weighted by Crippen LogP contribution is -2.02. The molecular formula is C10H14O2. The van der Waals surface area contributed by atoms with Crippen LogP contribution < -0.4 is 0 Å². The Balaban J connectivity index is 2.68. The van der Waals surface area contributed by atoms with Gasteiger partial charge >= 0.3 is 0 Å². The topological polar surface area (TPSA) is 29.5 Å². The van der Waals surface area contributed by atoms with Crippen LogP contribution in [0.4, 0.5) is 0 Å². The fourth-order valence-electron chi connectivity index (χ4n) is 0.985. The predicted molar refractivity (Wildman–Crippen MR) is 47.8 cm³/mol. The molecular weight excluding hydrogens is 152 g/mol. The van der Waals surface area contributed by atoms with Gasteiger partial charge in [0.25, 0.3) is 0 Å². The molecule has 2 heteroatoms. The van der Waals surface area contributed by atoms with Crippen molar-refractivity contribution in [2.45, 2.75) is 20.1 Å². The number of hydrogen-bond donors (Lipinski definition) is 1. The largest absolute Gasteiger partial charge is 0.364 e. The van der Waals surface area contributed by atoms with Gasteiger partial charge in [0.15, 0.2) is 6.29 Å². The average molecular weight is 166 g/mol. The van der Waals surface area contributed by atoms with Crippen molar-refractivity contribution in [3.05, 3.63) is 35.4 Å². The van der Waals surface area contributed by atoms with E-state index >= 15 is 0 Å². The van der Waals surface area contributed by atoms with Crippen molar-refractivity contribution in [2.24, 2.45) is 0 Å². The second-order valence-electron chi connectivity index (χ2n) is 2.72. The van der Waals surface area contributed by atoms with Crippen LogP contribution in [0, 0.1) is 6.92 Å². The summed E-state index contributed by atoms with van der Waals surface area (Å²) in [5, 5.41) is 9.39. The van der Waals surface area contributed by atoms with E-state index in [9.17, 15) is 5.11 Å². The lowest BCUT2D eigenvalue weighted by atomic mass is 10.1. The molecule has 2 nitrogen and oxygen atoms in total. The van der Waals surface area contributed by atoms with E-state index in [1.54, 1.807) is 0 Å². The SMILES string of the molecule is CCOC(O)c1ccc(C)cc1. The zero-order valence-corrected chi connectivity index (χ0v) is 7.45. The summed E-state index contributed by atoms with van der Waals surface area (Å²) in [5.41, 5.74) is 1.99. The molecule has 0 aliphatic carbocycles. The highest BCUT2D eigenvalue weighted by Crippen LogP contribution is 2.14. The standard InChI is InChI=1S/C10H14O2/c1-3-12-10(11)9-6-4-8(2)5-7-9/h4-7,10-11H,3H2,1-2H3. The molecule has 0 amide bonds. The first-order valence-corrected chi connectivity index (χ1v) is 4.10. The maximum atomic E-state index is 9.39. The van der Waals surface area contributed by atoms with E-state index in [1.165, 1.54) is 5.56 Å². The molecule has 1 N–H and O–H groups in total. The van der Waals surface area contributed by atoms with E-state index < -0.39 is 6.29 Å². The summed E-state index contributed by atoms with van der Waals surface area (Å²) < 4.78 is 5.02. The van der Waals surface area contributed by atoms with Crippen molar-refractivity contribution in [1.29, 1.82) is 0 Å². The highest BCUT2D eigenvalue weighted by molar-refractivity contribution is 5.21. The van der Waals surface area contributed by atoms with Crippen LogP contribution in [-0.2, 0) is 4.74 Å². The lowest BCUT2D eigenvalue weighted by Gasteiger charge is -2.10. The molecule has 1 unspecified atom stereocenters. The van der Waals surface area contributed by atoms with Gasteiger partial charge in [0.05, 0.1) is 0 Å². The highest BCUT2D eigenvalue weighted by atomic mass is 16.6. The fraction of sp³-hybridized carbons (Fsp3) is 0.400. The first kappa shape index (κ1) is 9.23. The highest BCUT2D eigenvalue weighted by Gasteiger charge is 2.04. The third-order valence-electron chi connectivity index (χ3n) is 1.69. The molecule has 1 rings (SSSR count). The molecule has 0 saturated carbocycles. The Morgan fingerprint density at radius 3 is 2.42 bits per heavy atom. The van der Waals surface area contributed by atoms with Crippen molar-refractivity contribution < 1.29 is 9.84 Å². The molecule has 1 aromatic carbocycles.